The van der Waals surface area contributed by atoms with Crippen LogP contribution < -0.4 is 5.32 Å². The molecule has 1 N–H and O–H groups in total. The van der Waals surface area contributed by atoms with E-state index >= 15 is 0 Å². The summed E-state index contributed by atoms with van der Waals surface area (Å²) in [7, 11) is 1.65. The van der Waals surface area contributed by atoms with Crippen molar-refractivity contribution in [2.24, 2.45) is 0 Å². The third kappa shape index (κ3) is 4.48. The van der Waals surface area contributed by atoms with Crippen LogP contribution in [-0.4, -0.2) is 49.9 Å². The number of morpholine rings is 1. The van der Waals surface area contributed by atoms with Crippen LogP contribution in [0.25, 0.3) is 0 Å². The van der Waals surface area contributed by atoms with Crippen LogP contribution >= 0.6 is 0 Å². The van der Waals surface area contributed by atoms with Crippen molar-refractivity contribution in [3.05, 3.63) is 23.7 Å². The molecule has 3 atom stereocenters. The van der Waals surface area contributed by atoms with Crippen LogP contribution in [0.15, 0.2) is 16.5 Å². The summed E-state index contributed by atoms with van der Waals surface area (Å²) in [5, 5.41) is 3.05. The molecule has 6 nitrogen and oxygen atoms in total. The number of amides is 2. The summed E-state index contributed by atoms with van der Waals surface area (Å²) >= 11 is 0. The highest BCUT2D eigenvalue weighted by molar-refractivity contribution is 5.74. The number of ether oxygens (including phenoxy) is 2. The Bertz CT molecular complexity index is 478. The zero-order chi connectivity index (χ0) is 16.1. The molecule has 0 spiro atoms. The standard InChI is InChI=1S/C16H26N2O4/c1-11-5-6-15(22-11)14(7-8-20-4)17-16(19)18-9-12(2)21-13(3)10-18/h5-6,12-14H,7-10H2,1-4H3,(H,17,19)/t12-,13+,14-/m1/s1. The first kappa shape index (κ1) is 16.8. The Kier molecular flexibility index (Phi) is 5.85. The lowest BCUT2D eigenvalue weighted by Gasteiger charge is -2.36. The molecule has 0 aliphatic carbocycles. The predicted octanol–water partition coefficient (Wildman–Crippen LogP) is 2.48. The van der Waals surface area contributed by atoms with Crippen molar-refractivity contribution in [3.63, 3.8) is 0 Å². The Balaban J connectivity index is 2.01. The molecule has 0 saturated carbocycles. The Hall–Kier alpha value is -1.53. The van der Waals surface area contributed by atoms with Crippen LogP contribution in [0.3, 0.4) is 0 Å². The minimum absolute atomic E-state index is 0.0535. The van der Waals surface area contributed by atoms with Crippen LogP contribution in [0.1, 0.15) is 37.8 Å². The van der Waals surface area contributed by atoms with Crippen LogP contribution in [0.5, 0.6) is 0 Å². The molecule has 22 heavy (non-hydrogen) atoms. The highest BCUT2D eigenvalue weighted by Gasteiger charge is 2.28. The van der Waals surface area contributed by atoms with E-state index in [9.17, 15) is 4.79 Å². The summed E-state index contributed by atoms with van der Waals surface area (Å²) in [5.41, 5.74) is 0. The fraction of sp³-hybridized carbons (Fsp3) is 0.688. The molecule has 6 heteroatoms. The molecule has 1 saturated heterocycles. The van der Waals surface area contributed by atoms with Gasteiger partial charge in [-0.25, -0.2) is 4.79 Å². The molecule has 0 aromatic carbocycles. The zero-order valence-corrected chi connectivity index (χ0v) is 13.8. The lowest BCUT2D eigenvalue weighted by atomic mass is 10.1. The van der Waals surface area contributed by atoms with Crippen molar-refractivity contribution in [3.8, 4) is 0 Å². The summed E-state index contributed by atoms with van der Waals surface area (Å²) in [5.74, 6) is 1.59. The zero-order valence-electron chi connectivity index (χ0n) is 13.8. The maximum absolute atomic E-state index is 12.5. The Morgan fingerprint density at radius 2 is 2.09 bits per heavy atom. The van der Waals surface area contributed by atoms with E-state index in [1.165, 1.54) is 0 Å². The van der Waals surface area contributed by atoms with Crippen molar-refractivity contribution in [2.45, 2.75) is 45.4 Å². The highest BCUT2D eigenvalue weighted by atomic mass is 16.5. The van der Waals surface area contributed by atoms with Crippen LogP contribution in [0.4, 0.5) is 4.79 Å². The van der Waals surface area contributed by atoms with Gasteiger partial charge >= 0.3 is 6.03 Å². The number of nitrogens with zero attached hydrogens (tertiary/aromatic N) is 1. The van der Waals surface area contributed by atoms with Gasteiger partial charge in [-0.15, -0.1) is 0 Å². The molecule has 0 radical (unpaired) electrons. The van der Waals surface area contributed by atoms with E-state index in [0.29, 0.717) is 26.1 Å². The fourth-order valence-electron chi connectivity index (χ4n) is 2.75. The molecule has 2 amide bonds. The quantitative estimate of drug-likeness (QED) is 0.907. The first-order chi connectivity index (χ1) is 10.5. The van der Waals surface area contributed by atoms with E-state index in [1.807, 2.05) is 32.9 Å². The second kappa shape index (κ2) is 7.65. The average molecular weight is 310 g/mol. The summed E-state index contributed by atoms with van der Waals surface area (Å²) in [6, 6.07) is 3.53. The van der Waals surface area contributed by atoms with Gasteiger partial charge in [0.15, 0.2) is 0 Å². The number of methoxy groups -OCH3 is 1. The van der Waals surface area contributed by atoms with Crippen molar-refractivity contribution >= 4 is 6.03 Å². The predicted molar refractivity (Wildman–Crippen MR) is 82.8 cm³/mol. The number of furan rings is 1. The first-order valence-electron chi connectivity index (χ1n) is 7.75. The molecule has 0 unspecified atom stereocenters. The highest BCUT2D eigenvalue weighted by Crippen LogP contribution is 2.20. The first-order valence-corrected chi connectivity index (χ1v) is 7.75. The van der Waals surface area contributed by atoms with Gasteiger partial charge in [0.1, 0.15) is 11.5 Å². The molecular formula is C16H26N2O4. The Labute approximate surface area is 131 Å². The van der Waals surface area contributed by atoms with Gasteiger partial charge in [-0.05, 0) is 39.3 Å². The fourth-order valence-corrected chi connectivity index (χ4v) is 2.75. The van der Waals surface area contributed by atoms with Gasteiger partial charge in [-0.2, -0.15) is 0 Å². The second-order valence-corrected chi connectivity index (χ2v) is 5.89. The van der Waals surface area contributed by atoms with E-state index in [1.54, 1.807) is 12.0 Å². The van der Waals surface area contributed by atoms with Gasteiger partial charge in [-0.3, -0.25) is 0 Å². The SMILES string of the molecule is COCC[C@@H](NC(=O)N1C[C@@H](C)O[C@@H](C)C1)c1ccc(C)o1. The number of hydrogen-bond acceptors (Lipinski definition) is 4. The van der Waals surface area contributed by atoms with E-state index in [4.69, 9.17) is 13.9 Å². The largest absolute Gasteiger partial charge is 0.464 e. The van der Waals surface area contributed by atoms with Crippen LogP contribution in [0.2, 0.25) is 0 Å². The number of rotatable bonds is 5. The third-order valence-corrected chi connectivity index (χ3v) is 3.72. The maximum atomic E-state index is 12.5. The van der Waals surface area contributed by atoms with E-state index in [0.717, 1.165) is 11.5 Å². The number of aryl methyl sites for hydroxylation is 1. The van der Waals surface area contributed by atoms with Crippen molar-refractivity contribution in [1.29, 1.82) is 0 Å². The lowest BCUT2D eigenvalue weighted by Crippen LogP contribution is -2.52. The minimum atomic E-state index is -0.186. The summed E-state index contributed by atoms with van der Waals surface area (Å²) < 4.78 is 16.5. The molecule has 1 fully saturated rings. The van der Waals surface area contributed by atoms with Gasteiger partial charge in [0, 0.05) is 26.8 Å². The van der Waals surface area contributed by atoms with Crippen LogP contribution in [0, 0.1) is 6.92 Å². The number of urea groups is 1. The normalized spacial score (nSPS) is 23.4. The lowest BCUT2D eigenvalue weighted by molar-refractivity contribution is -0.0549. The molecule has 2 rings (SSSR count). The third-order valence-electron chi connectivity index (χ3n) is 3.72. The average Bonchev–Trinajstić information content (AvgIpc) is 2.88. The van der Waals surface area contributed by atoms with Crippen molar-refractivity contribution < 1.29 is 18.7 Å². The van der Waals surface area contributed by atoms with Gasteiger partial charge in [0.25, 0.3) is 0 Å². The number of nitrogens with one attached hydrogen (secondary N) is 1. The molecule has 0 bridgehead atoms. The number of carbonyl (C=O) groups excluding carboxylic acids is 1. The summed E-state index contributed by atoms with van der Waals surface area (Å²) in [6.07, 6.45) is 0.778. The smallest absolute Gasteiger partial charge is 0.318 e. The number of carbonyl (C=O) groups is 1. The molecule has 1 aliphatic heterocycles. The monoisotopic (exact) mass is 310 g/mol. The molecular weight excluding hydrogens is 284 g/mol. The Morgan fingerprint density at radius 3 is 2.64 bits per heavy atom. The van der Waals surface area contributed by atoms with E-state index < -0.39 is 0 Å². The summed E-state index contributed by atoms with van der Waals surface area (Å²) in [4.78, 5) is 14.3. The second-order valence-electron chi connectivity index (χ2n) is 5.89. The van der Waals surface area contributed by atoms with Gasteiger partial charge < -0.3 is 24.1 Å². The van der Waals surface area contributed by atoms with Crippen molar-refractivity contribution in [1.82, 2.24) is 10.2 Å². The van der Waals surface area contributed by atoms with Crippen LogP contribution in [-0.2, 0) is 9.47 Å². The van der Waals surface area contributed by atoms with Gasteiger partial charge in [-0.1, -0.05) is 0 Å². The maximum Gasteiger partial charge on any atom is 0.318 e. The van der Waals surface area contributed by atoms with Gasteiger partial charge in [0.05, 0.1) is 18.2 Å². The molecule has 1 aromatic heterocycles. The van der Waals surface area contributed by atoms with E-state index in [-0.39, 0.29) is 24.3 Å². The Morgan fingerprint density at radius 1 is 1.41 bits per heavy atom. The van der Waals surface area contributed by atoms with Gasteiger partial charge in [0.2, 0.25) is 0 Å². The van der Waals surface area contributed by atoms with Crippen molar-refractivity contribution in [2.75, 3.05) is 26.8 Å². The molecule has 1 aromatic rings. The van der Waals surface area contributed by atoms with E-state index in [2.05, 4.69) is 5.32 Å². The molecule has 1 aliphatic rings. The number of hydrogen-bond donors (Lipinski definition) is 1. The molecule has 124 valence electrons. The topological polar surface area (TPSA) is 63.9 Å². The summed E-state index contributed by atoms with van der Waals surface area (Å²) in [6.45, 7) is 7.61. The minimum Gasteiger partial charge on any atom is -0.464 e. The molecule has 2 heterocycles.